The first kappa shape index (κ1) is 11.2. The average molecular weight is 219 g/mol. The summed E-state index contributed by atoms with van der Waals surface area (Å²) in [7, 11) is 1.24. The lowest BCUT2D eigenvalue weighted by molar-refractivity contribution is 0.159. The minimum atomic E-state index is -1.46. The van der Waals surface area contributed by atoms with Gasteiger partial charge in [0.15, 0.2) is 11.9 Å². The van der Waals surface area contributed by atoms with Gasteiger partial charge in [0.2, 0.25) is 0 Å². The summed E-state index contributed by atoms with van der Waals surface area (Å²) in [6.07, 6.45) is -1.38. The lowest BCUT2D eigenvalue weighted by Crippen LogP contribution is -2.26. The number of rotatable bonds is 3. The second-order valence-corrected chi connectivity index (χ2v) is 3.39. The smallest absolute Gasteiger partial charge is 0.161 e. The van der Waals surface area contributed by atoms with Crippen LogP contribution in [0.25, 0.3) is 0 Å². The molecule has 0 bridgehead atoms. The second kappa shape index (κ2) is 4.59. The topological polar surface area (TPSA) is 33.1 Å². The van der Waals surface area contributed by atoms with Crippen LogP contribution in [0.15, 0.2) is 11.6 Å². The maximum atomic E-state index is 13.3. The van der Waals surface area contributed by atoms with E-state index in [1.165, 1.54) is 7.11 Å². The molecule has 1 aliphatic carbocycles. The quantitative estimate of drug-likeness (QED) is 0.584. The zero-order valence-corrected chi connectivity index (χ0v) is 8.54. The van der Waals surface area contributed by atoms with Crippen molar-refractivity contribution < 1.29 is 13.5 Å². The van der Waals surface area contributed by atoms with Gasteiger partial charge in [0.1, 0.15) is 5.83 Å². The number of alkyl halides is 1. The SMILES string of the molecule is COC1=C(F)CC(C(=N)C=S)CC1F. The molecule has 0 aromatic carbocycles. The summed E-state index contributed by atoms with van der Waals surface area (Å²) in [4.78, 5) is 0. The molecule has 0 spiro atoms. The molecule has 1 N–H and O–H groups in total. The van der Waals surface area contributed by atoms with Crippen molar-refractivity contribution in [1.82, 2.24) is 0 Å². The van der Waals surface area contributed by atoms with Crippen molar-refractivity contribution in [1.29, 1.82) is 5.41 Å². The summed E-state index contributed by atoms with van der Waals surface area (Å²) < 4.78 is 31.1. The molecule has 0 radical (unpaired) electrons. The third-order valence-electron chi connectivity index (χ3n) is 2.26. The van der Waals surface area contributed by atoms with E-state index >= 15 is 0 Å². The molecule has 2 nitrogen and oxygen atoms in total. The van der Waals surface area contributed by atoms with Crippen LogP contribution < -0.4 is 0 Å². The fourth-order valence-electron chi connectivity index (χ4n) is 1.50. The van der Waals surface area contributed by atoms with Gasteiger partial charge in [-0.25, -0.2) is 8.78 Å². The van der Waals surface area contributed by atoms with Crippen LogP contribution in [0.3, 0.4) is 0 Å². The summed E-state index contributed by atoms with van der Waals surface area (Å²) >= 11 is 4.55. The highest BCUT2D eigenvalue weighted by Gasteiger charge is 2.32. The zero-order chi connectivity index (χ0) is 10.7. The van der Waals surface area contributed by atoms with Gasteiger partial charge >= 0.3 is 0 Å². The average Bonchev–Trinajstić information content (AvgIpc) is 2.16. The Kier molecular flexibility index (Phi) is 3.69. The highest BCUT2D eigenvalue weighted by Crippen LogP contribution is 2.33. The molecule has 0 aromatic heterocycles. The van der Waals surface area contributed by atoms with E-state index in [0.29, 0.717) is 0 Å². The molecule has 1 rings (SSSR count). The Morgan fingerprint density at radius 2 is 2.36 bits per heavy atom. The Bertz CT molecular complexity index is 291. The van der Waals surface area contributed by atoms with E-state index < -0.39 is 17.9 Å². The van der Waals surface area contributed by atoms with Crippen LogP contribution in [0.1, 0.15) is 12.8 Å². The van der Waals surface area contributed by atoms with Crippen molar-refractivity contribution >= 4 is 23.3 Å². The van der Waals surface area contributed by atoms with Crippen LogP contribution in [0.5, 0.6) is 0 Å². The molecule has 14 heavy (non-hydrogen) atoms. The molecule has 0 amide bonds. The monoisotopic (exact) mass is 219 g/mol. The van der Waals surface area contributed by atoms with Crippen LogP contribution in [0, 0.1) is 11.3 Å². The summed E-state index contributed by atoms with van der Waals surface area (Å²) in [5, 5.41) is 8.53. The van der Waals surface area contributed by atoms with Gasteiger partial charge in [-0.05, 0) is 6.42 Å². The van der Waals surface area contributed by atoms with Gasteiger partial charge in [-0.1, -0.05) is 12.2 Å². The number of hydrogen-bond donors (Lipinski definition) is 1. The predicted octanol–water partition coefficient (Wildman–Crippen LogP) is 2.58. The van der Waals surface area contributed by atoms with E-state index in [1.807, 2.05) is 0 Å². The van der Waals surface area contributed by atoms with Crippen molar-refractivity contribution in [2.75, 3.05) is 7.11 Å². The van der Waals surface area contributed by atoms with Crippen molar-refractivity contribution in [2.24, 2.45) is 5.92 Å². The summed E-state index contributed by atoms with van der Waals surface area (Å²) in [5.41, 5.74) is 0.105. The van der Waals surface area contributed by atoms with Crippen molar-refractivity contribution in [3.63, 3.8) is 0 Å². The Labute approximate surface area is 86.5 Å². The Morgan fingerprint density at radius 3 is 2.79 bits per heavy atom. The highest BCUT2D eigenvalue weighted by molar-refractivity contribution is 7.80. The van der Waals surface area contributed by atoms with Gasteiger partial charge in [-0.15, -0.1) is 0 Å². The first-order chi connectivity index (χ1) is 6.60. The first-order valence-corrected chi connectivity index (χ1v) is 4.67. The second-order valence-electron chi connectivity index (χ2n) is 3.15. The molecule has 0 saturated heterocycles. The van der Waals surface area contributed by atoms with Crippen LogP contribution in [0.4, 0.5) is 8.78 Å². The fourth-order valence-corrected chi connectivity index (χ4v) is 1.69. The molecule has 0 aliphatic heterocycles. The lowest BCUT2D eigenvalue weighted by Gasteiger charge is -2.24. The molecule has 0 fully saturated rings. The maximum Gasteiger partial charge on any atom is 0.161 e. The summed E-state index contributed by atoms with van der Waals surface area (Å²) in [6, 6.07) is 0. The van der Waals surface area contributed by atoms with Crippen LogP contribution in [0.2, 0.25) is 0 Å². The maximum absolute atomic E-state index is 13.3. The van der Waals surface area contributed by atoms with E-state index in [2.05, 4.69) is 17.0 Å². The van der Waals surface area contributed by atoms with E-state index in [0.717, 1.165) is 5.37 Å². The minimum absolute atomic E-state index is 0.00949. The largest absolute Gasteiger partial charge is 0.495 e. The molecule has 0 heterocycles. The van der Waals surface area contributed by atoms with Crippen LogP contribution in [-0.2, 0) is 4.74 Å². The molecule has 0 aromatic rings. The van der Waals surface area contributed by atoms with Crippen molar-refractivity contribution in [3.05, 3.63) is 11.6 Å². The van der Waals surface area contributed by atoms with Gasteiger partial charge in [0, 0.05) is 23.4 Å². The number of thiocarbonyl (C=S) groups is 1. The minimum Gasteiger partial charge on any atom is -0.495 e. The van der Waals surface area contributed by atoms with E-state index in [4.69, 9.17) is 5.41 Å². The van der Waals surface area contributed by atoms with Gasteiger partial charge in [-0.3, -0.25) is 0 Å². The molecular formula is C9H11F2NOS. The summed E-state index contributed by atoms with van der Waals surface area (Å²) in [6.45, 7) is 0. The van der Waals surface area contributed by atoms with Gasteiger partial charge in [0.25, 0.3) is 0 Å². The number of hydrogen-bond acceptors (Lipinski definition) is 3. The summed E-state index contributed by atoms with van der Waals surface area (Å²) in [5.74, 6) is -1.31. The standard InChI is InChI=1S/C9H11F2NOS/c1-13-9-6(10)2-5(3-7(9)11)8(12)4-14/h4-6,12H,2-3H2,1H3. The fraction of sp³-hybridized carbons (Fsp3) is 0.556. The van der Waals surface area contributed by atoms with Crippen molar-refractivity contribution in [2.45, 2.75) is 19.0 Å². The van der Waals surface area contributed by atoms with Gasteiger partial charge in [0.05, 0.1) is 7.11 Å². The lowest BCUT2D eigenvalue weighted by atomic mass is 9.88. The molecule has 5 heteroatoms. The third kappa shape index (κ3) is 2.15. The van der Waals surface area contributed by atoms with Crippen molar-refractivity contribution in [3.8, 4) is 0 Å². The first-order valence-electron chi connectivity index (χ1n) is 4.20. The Hall–Kier alpha value is -0.840. The Morgan fingerprint density at radius 1 is 1.71 bits per heavy atom. The molecule has 0 saturated carbocycles. The third-order valence-corrected chi connectivity index (χ3v) is 2.51. The normalized spacial score (nSPS) is 27.4. The molecule has 2 unspecified atom stereocenters. The van der Waals surface area contributed by atoms with Crippen LogP contribution >= 0.6 is 12.2 Å². The van der Waals surface area contributed by atoms with Gasteiger partial charge < -0.3 is 10.1 Å². The van der Waals surface area contributed by atoms with Gasteiger partial charge in [-0.2, -0.15) is 0 Å². The molecule has 1 aliphatic rings. The predicted molar refractivity (Wildman–Crippen MR) is 54.1 cm³/mol. The molecular weight excluding hydrogens is 208 g/mol. The number of methoxy groups -OCH3 is 1. The molecule has 78 valence electrons. The van der Waals surface area contributed by atoms with E-state index in [1.54, 1.807) is 0 Å². The number of nitrogens with one attached hydrogen (secondary N) is 1. The number of halogens is 2. The van der Waals surface area contributed by atoms with E-state index in [9.17, 15) is 8.78 Å². The van der Waals surface area contributed by atoms with Crippen LogP contribution in [-0.4, -0.2) is 24.4 Å². The highest BCUT2D eigenvalue weighted by atomic mass is 32.1. The van der Waals surface area contributed by atoms with E-state index in [-0.39, 0.29) is 24.3 Å². The zero-order valence-electron chi connectivity index (χ0n) is 7.72. The Balaban J connectivity index is 2.82. The number of allylic oxidation sites excluding steroid dienone is 2. The molecule has 2 atom stereocenters. The number of ether oxygens (including phenoxy) is 1.